The molecule has 102 valence electrons. The van der Waals surface area contributed by atoms with Crippen LogP contribution in [0.2, 0.25) is 0 Å². The van der Waals surface area contributed by atoms with Crippen LogP contribution < -0.4 is 10.2 Å². The second-order valence-electron chi connectivity index (χ2n) is 4.20. The van der Waals surface area contributed by atoms with E-state index in [0.717, 1.165) is 12.2 Å². The Bertz CT molecular complexity index is 476. The molecule has 0 aromatic carbocycles. The fourth-order valence-corrected chi connectivity index (χ4v) is 1.94. The van der Waals surface area contributed by atoms with E-state index >= 15 is 0 Å². The molecule has 0 aliphatic carbocycles. The normalized spacial score (nSPS) is 11.5. The minimum Gasteiger partial charge on any atom is -0.357 e. The van der Waals surface area contributed by atoms with Crippen LogP contribution in [-0.4, -0.2) is 50.5 Å². The SMILES string of the molecule is CCNCc1cncc(N(C)CCS(C)(=O)=O)n1. The van der Waals surface area contributed by atoms with Crippen LogP contribution >= 0.6 is 0 Å². The molecule has 0 unspecified atom stereocenters. The molecule has 0 spiro atoms. The van der Waals surface area contributed by atoms with E-state index in [1.165, 1.54) is 6.26 Å². The van der Waals surface area contributed by atoms with Crippen molar-refractivity contribution in [2.75, 3.05) is 37.0 Å². The predicted octanol–water partition coefficient (Wildman–Crippen LogP) is 0.0669. The summed E-state index contributed by atoms with van der Waals surface area (Å²) in [6, 6.07) is 0. The van der Waals surface area contributed by atoms with Crippen molar-refractivity contribution < 1.29 is 8.42 Å². The summed E-state index contributed by atoms with van der Waals surface area (Å²) in [5.41, 5.74) is 0.848. The number of sulfone groups is 1. The van der Waals surface area contributed by atoms with Gasteiger partial charge in [-0.2, -0.15) is 0 Å². The zero-order chi connectivity index (χ0) is 13.6. The maximum atomic E-state index is 11.1. The molecule has 0 atom stereocenters. The van der Waals surface area contributed by atoms with E-state index in [2.05, 4.69) is 15.3 Å². The third-order valence-electron chi connectivity index (χ3n) is 2.42. The first-order valence-corrected chi connectivity index (χ1v) is 7.89. The van der Waals surface area contributed by atoms with Crippen molar-refractivity contribution in [2.45, 2.75) is 13.5 Å². The standard InChI is InChI=1S/C11H20N4O2S/c1-4-12-7-10-8-13-9-11(14-10)15(2)5-6-18(3,16)17/h8-9,12H,4-7H2,1-3H3. The fraction of sp³-hybridized carbons (Fsp3) is 0.636. The predicted molar refractivity (Wildman–Crippen MR) is 72.4 cm³/mol. The van der Waals surface area contributed by atoms with Crippen molar-refractivity contribution >= 4 is 15.7 Å². The van der Waals surface area contributed by atoms with E-state index in [9.17, 15) is 8.42 Å². The van der Waals surface area contributed by atoms with Gasteiger partial charge in [0, 0.05) is 32.6 Å². The van der Waals surface area contributed by atoms with Crippen LogP contribution in [0.15, 0.2) is 12.4 Å². The minimum atomic E-state index is -2.95. The van der Waals surface area contributed by atoms with Crippen molar-refractivity contribution in [3.63, 3.8) is 0 Å². The third kappa shape index (κ3) is 5.42. The smallest absolute Gasteiger partial charge is 0.149 e. The van der Waals surface area contributed by atoms with Crippen LogP contribution in [0.5, 0.6) is 0 Å². The van der Waals surface area contributed by atoms with Crippen LogP contribution in [0.3, 0.4) is 0 Å². The van der Waals surface area contributed by atoms with Gasteiger partial charge in [0.15, 0.2) is 0 Å². The van der Waals surface area contributed by atoms with Crippen LogP contribution in [0.4, 0.5) is 5.82 Å². The van der Waals surface area contributed by atoms with Gasteiger partial charge in [-0.15, -0.1) is 0 Å². The van der Waals surface area contributed by atoms with Gasteiger partial charge in [0.25, 0.3) is 0 Å². The van der Waals surface area contributed by atoms with Crippen LogP contribution in [0, 0.1) is 0 Å². The molecule has 7 heteroatoms. The summed E-state index contributed by atoms with van der Waals surface area (Å²) in [7, 11) is -1.14. The molecule has 18 heavy (non-hydrogen) atoms. The first-order valence-electron chi connectivity index (χ1n) is 5.83. The Morgan fingerprint density at radius 1 is 1.39 bits per heavy atom. The molecule has 0 aliphatic heterocycles. The number of hydrogen-bond donors (Lipinski definition) is 1. The molecule has 0 amide bonds. The van der Waals surface area contributed by atoms with Gasteiger partial charge in [0.2, 0.25) is 0 Å². The zero-order valence-electron chi connectivity index (χ0n) is 11.0. The zero-order valence-corrected chi connectivity index (χ0v) is 11.9. The summed E-state index contributed by atoms with van der Waals surface area (Å²) in [6.45, 7) is 3.97. The maximum absolute atomic E-state index is 11.1. The molecule has 0 fully saturated rings. The van der Waals surface area contributed by atoms with Crippen LogP contribution in [0.1, 0.15) is 12.6 Å². The highest BCUT2D eigenvalue weighted by Gasteiger charge is 2.08. The maximum Gasteiger partial charge on any atom is 0.149 e. The van der Waals surface area contributed by atoms with E-state index in [0.29, 0.717) is 18.9 Å². The Morgan fingerprint density at radius 2 is 2.11 bits per heavy atom. The van der Waals surface area contributed by atoms with Gasteiger partial charge in [-0.05, 0) is 6.54 Å². The highest BCUT2D eigenvalue weighted by Crippen LogP contribution is 2.07. The Labute approximate surface area is 108 Å². The Hall–Kier alpha value is -1.21. The lowest BCUT2D eigenvalue weighted by Gasteiger charge is -2.17. The molecule has 1 aromatic heterocycles. The molecule has 0 bridgehead atoms. The van der Waals surface area contributed by atoms with Gasteiger partial charge < -0.3 is 10.2 Å². The molecule has 0 radical (unpaired) electrons. The van der Waals surface area contributed by atoms with E-state index in [-0.39, 0.29) is 5.75 Å². The second kappa shape index (κ2) is 6.65. The van der Waals surface area contributed by atoms with Crippen LogP contribution in [0.25, 0.3) is 0 Å². The van der Waals surface area contributed by atoms with Gasteiger partial charge in [-0.3, -0.25) is 4.98 Å². The average Bonchev–Trinajstić information content (AvgIpc) is 2.33. The van der Waals surface area contributed by atoms with Crippen molar-refractivity contribution in [3.8, 4) is 0 Å². The molecule has 0 saturated heterocycles. The van der Waals surface area contributed by atoms with Crippen molar-refractivity contribution in [3.05, 3.63) is 18.1 Å². The molecule has 1 heterocycles. The number of hydrogen-bond acceptors (Lipinski definition) is 6. The number of rotatable bonds is 7. The average molecular weight is 272 g/mol. The highest BCUT2D eigenvalue weighted by atomic mass is 32.2. The lowest BCUT2D eigenvalue weighted by molar-refractivity contribution is 0.601. The number of nitrogens with zero attached hydrogens (tertiary/aromatic N) is 3. The Morgan fingerprint density at radius 3 is 2.72 bits per heavy atom. The highest BCUT2D eigenvalue weighted by molar-refractivity contribution is 7.90. The topological polar surface area (TPSA) is 75.2 Å². The molecule has 0 saturated carbocycles. The minimum absolute atomic E-state index is 0.114. The van der Waals surface area contributed by atoms with E-state index in [1.807, 2.05) is 14.0 Å². The monoisotopic (exact) mass is 272 g/mol. The molecular formula is C11H20N4O2S. The second-order valence-corrected chi connectivity index (χ2v) is 6.46. The van der Waals surface area contributed by atoms with Gasteiger partial charge in [-0.1, -0.05) is 6.92 Å². The number of aromatic nitrogens is 2. The van der Waals surface area contributed by atoms with Gasteiger partial charge in [0.05, 0.1) is 17.6 Å². The molecular weight excluding hydrogens is 252 g/mol. The first kappa shape index (κ1) is 14.8. The Balaban J connectivity index is 2.64. The summed E-state index contributed by atoms with van der Waals surface area (Å²) in [4.78, 5) is 10.3. The van der Waals surface area contributed by atoms with Crippen molar-refractivity contribution in [1.82, 2.24) is 15.3 Å². The van der Waals surface area contributed by atoms with Crippen LogP contribution in [-0.2, 0) is 16.4 Å². The van der Waals surface area contributed by atoms with Gasteiger partial charge >= 0.3 is 0 Å². The Kier molecular flexibility index (Phi) is 5.49. The molecule has 1 aromatic rings. The molecule has 0 aliphatic rings. The largest absolute Gasteiger partial charge is 0.357 e. The number of anilines is 1. The first-order chi connectivity index (χ1) is 8.42. The number of nitrogens with one attached hydrogen (secondary N) is 1. The fourth-order valence-electron chi connectivity index (χ4n) is 1.33. The van der Waals surface area contributed by atoms with Crippen molar-refractivity contribution in [1.29, 1.82) is 0 Å². The van der Waals surface area contributed by atoms with E-state index in [1.54, 1.807) is 17.3 Å². The van der Waals surface area contributed by atoms with Gasteiger partial charge in [0.1, 0.15) is 15.7 Å². The lowest BCUT2D eigenvalue weighted by atomic mass is 10.4. The summed E-state index contributed by atoms with van der Waals surface area (Å²) < 4.78 is 22.2. The summed E-state index contributed by atoms with van der Waals surface area (Å²) in [5.74, 6) is 0.803. The molecule has 1 rings (SSSR count). The van der Waals surface area contributed by atoms with Crippen molar-refractivity contribution in [2.24, 2.45) is 0 Å². The van der Waals surface area contributed by atoms with E-state index in [4.69, 9.17) is 0 Å². The quantitative estimate of drug-likeness (QED) is 0.757. The summed E-state index contributed by atoms with van der Waals surface area (Å²) in [5, 5.41) is 3.17. The summed E-state index contributed by atoms with van der Waals surface area (Å²) in [6.07, 6.45) is 4.57. The molecule has 1 N–H and O–H groups in total. The van der Waals surface area contributed by atoms with E-state index < -0.39 is 9.84 Å². The third-order valence-corrected chi connectivity index (χ3v) is 3.34. The summed E-state index contributed by atoms with van der Waals surface area (Å²) >= 11 is 0. The molecule has 6 nitrogen and oxygen atoms in total. The van der Waals surface area contributed by atoms with Gasteiger partial charge in [-0.25, -0.2) is 13.4 Å². The lowest BCUT2D eigenvalue weighted by Crippen LogP contribution is -2.26.